The highest BCUT2D eigenvalue weighted by Gasteiger charge is 2.34. The SMILES string of the molecule is CC(C)(C)CC(=O)N1CCCC1c1nc2cc(-c3cccc(F)c3)ccc2o1. The molecule has 4 nitrogen and oxygen atoms in total. The minimum Gasteiger partial charge on any atom is -0.438 e. The summed E-state index contributed by atoms with van der Waals surface area (Å²) in [6, 6.07) is 12.1. The van der Waals surface area contributed by atoms with Crippen molar-refractivity contribution in [1.82, 2.24) is 9.88 Å². The van der Waals surface area contributed by atoms with Crippen LogP contribution in [-0.4, -0.2) is 22.3 Å². The van der Waals surface area contributed by atoms with Gasteiger partial charge in [0.15, 0.2) is 5.58 Å². The number of aromatic nitrogens is 1. The average Bonchev–Trinajstić information content (AvgIpc) is 3.26. The molecule has 0 aliphatic carbocycles. The summed E-state index contributed by atoms with van der Waals surface area (Å²) in [6.07, 6.45) is 2.32. The Bertz CT molecular complexity index is 1020. The van der Waals surface area contributed by atoms with Gasteiger partial charge in [0.2, 0.25) is 11.8 Å². The number of carbonyl (C=O) groups excluding carboxylic acids is 1. The molecule has 1 aromatic heterocycles. The molecule has 1 atom stereocenters. The first-order valence-electron chi connectivity index (χ1n) is 9.76. The Hall–Kier alpha value is -2.69. The van der Waals surface area contributed by atoms with Gasteiger partial charge in [0, 0.05) is 13.0 Å². The second-order valence-corrected chi connectivity index (χ2v) is 8.73. The summed E-state index contributed by atoms with van der Waals surface area (Å²) in [5.74, 6) is 0.473. The fraction of sp³-hybridized carbons (Fsp3) is 0.391. The van der Waals surface area contributed by atoms with Gasteiger partial charge in [-0.1, -0.05) is 39.0 Å². The quantitative estimate of drug-likeness (QED) is 0.583. The van der Waals surface area contributed by atoms with Gasteiger partial charge in [0.1, 0.15) is 17.4 Å². The summed E-state index contributed by atoms with van der Waals surface area (Å²) >= 11 is 0. The van der Waals surface area contributed by atoms with E-state index >= 15 is 0 Å². The number of hydrogen-bond donors (Lipinski definition) is 0. The Balaban J connectivity index is 1.63. The van der Waals surface area contributed by atoms with Gasteiger partial charge >= 0.3 is 0 Å². The van der Waals surface area contributed by atoms with Crippen LogP contribution in [0.5, 0.6) is 0 Å². The van der Waals surface area contributed by atoms with Gasteiger partial charge in [0.05, 0.1) is 0 Å². The highest BCUT2D eigenvalue weighted by Crippen LogP contribution is 2.36. The van der Waals surface area contributed by atoms with E-state index < -0.39 is 0 Å². The molecule has 1 unspecified atom stereocenters. The molecule has 3 aromatic rings. The first kappa shape index (κ1) is 18.7. The predicted molar refractivity (Wildman–Crippen MR) is 107 cm³/mol. The second-order valence-electron chi connectivity index (χ2n) is 8.73. The lowest BCUT2D eigenvalue weighted by atomic mass is 9.91. The molecule has 4 rings (SSSR count). The zero-order chi connectivity index (χ0) is 19.9. The number of amides is 1. The Labute approximate surface area is 164 Å². The third-order valence-electron chi connectivity index (χ3n) is 5.10. The van der Waals surface area contributed by atoms with E-state index in [4.69, 9.17) is 4.42 Å². The maximum Gasteiger partial charge on any atom is 0.223 e. The number of fused-ring (bicyclic) bond motifs is 1. The fourth-order valence-electron chi connectivity index (χ4n) is 3.81. The van der Waals surface area contributed by atoms with E-state index in [1.54, 1.807) is 6.07 Å². The molecular formula is C23H25FN2O2. The Morgan fingerprint density at radius 3 is 2.75 bits per heavy atom. The molecule has 1 amide bonds. The molecule has 1 fully saturated rings. The van der Waals surface area contributed by atoms with Crippen molar-refractivity contribution in [3.8, 4) is 11.1 Å². The number of rotatable bonds is 3. The van der Waals surface area contributed by atoms with Crippen LogP contribution in [-0.2, 0) is 4.79 Å². The zero-order valence-electron chi connectivity index (χ0n) is 16.5. The summed E-state index contributed by atoms with van der Waals surface area (Å²) in [5.41, 5.74) is 3.05. The first-order valence-corrected chi connectivity index (χ1v) is 9.76. The smallest absolute Gasteiger partial charge is 0.223 e. The summed E-state index contributed by atoms with van der Waals surface area (Å²) < 4.78 is 19.5. The van der Waals surface area contributed by atoms with Gasteiger partial charge in [-0.05, 0) is 53.6 Å². The minimum atomic E-state index is -0.266. The van der Waals surface area contributed by atoms with Gasteiger partial charge in [-0.15, -0.1) is 0 Å². The van der Waals surface area contributed by atoms with Crippen molar-refractivity contribution in [2.45, 2.75) is 46.1 Å². The molecule has 0 spiro atoms. The van der Waals surface area contributed by atoms with E-state index in [-0.39, 0.29) is 23.2 Å². The topological polar surface area (TPSA) is 46.3 Å². The van der Waals surface area contributed by atoms with Gasteiger partial charge in [-0.3, -0.25) is 4.79 Å². The average molecular weight is 380 g/mol. The lowest BCUT2D eigenvalue weighted by molar-refractivity contribution is -0.134. The van der Waals surface area contributed by atoms with Crippen LogP contribution in [0.15, 0.2) is 46.9 Å². The number of halogens is 1. The summed E-state index contributed by atoms with van der Waals surface area (Å²) in [6.45, 7) is 6.96. The molecule has 2 heterocycles. The molecule has 1 aliphatic rings. The third-order valence-corrected chi connectivity index (χ3v) is 5.10. The number of likely N-dealkylation sites (tertiary alicyclic amines) is 1. The van der Waals surface area contributed by atoms with Crippen molar-refractivity contribution in [2.24, 2.45) is 5.41 Å². The number of nitrogens with zero attached hydrogens (tertiary/aromatic N) is 2. The van der Waals surface area contributed by atoms with Crippen molar-refractivity contribution in [3.63, 3.8) is 0 Å². The van der Waals surface area contributed by atoms with Crippen molar-refractivity contribution >= 4 is 17.0 Å². The lowest BCUT2D eigenvalue weighted by Gasteiger charge is -2.26. The van der Waals surface area contributed by atoms with Crippen molar-refractivity contribution in [3.05, 3.63) is 54.2 Å². The van der Waals surface area contributed by atoms with Crippen LogP contribution in [0, 0.1) is 11.2 Å². The third kappa shape index (κ3) is 3.79. The molecule has 28 heavy (non-hydrogen) atoms. The molecule has 0 bridgehead atoms. The first-order chi connectivity index (χ1) is 13.3. The van der Waals surface area contributed by atoms with E-state index in [0.717, 1.165) is 36.0 Å². The molecule has 0 N–H and O–H groups in total. The van der Waals surface area contributed by atoms with Gasteiger partial charge < -0.3 is 9.32 Å². The van der Waals surface area contributed by atoms with Crippen LogP contribution in [0.25, 0.3) is 22.2 Å². The molecular weight excluding hydrogens is 355 g/mol. The number of hydrogen-bond acceptors (Lipinski definition) is 3. The van der Waals surface area contributed by atoms with Crippen LogP contribution in [0.1, 0.15) is 52.0 Å². The Kier molecular flexibility index (Phi) is 4.69. The maximum absolute atomic E-state index is 13.5. The monoisotopic (exact) mass is 380 g/mol. The fourth-order valence-corrected chi connectivity index (χ4v) is 3.81. The van der Waals surface area contributed by atoms with Crippen LogP contribution < -0.4 is 0 Å². The van der Waals surface area contributed by atoms with E-state index in [2.05, 4.69) is 25.8 Å². The van der Waals surface area contributed by atoms with Gasteiger partial charge in [-0.2, -0.15) is 0 Å². The van der Waals surface area contributed by atoms with Crippen molar-refractivity contribution in [2.75, 3.05) is 6.54 Å². The van der Waals surface area contributed by atoms with Crippen molar-refractivity contribution in [1.29, 1.82) is 0 Å². The zero-order valence-corrected chi connectivity index (χ0v) is 16.5. The minimum absolute atomic E-state index is 0.0502. The van der Waals surface area contributed by atoms with Crippen LogP contribution in [0.2, 0.25) is 0 Å². The molecule has 0 radical (unpaired) electrons. The van der Waals surface area contributed by atoms with E-state index in [1.165, 1.54) is 12.1 Å². The van der Waals surface area contributed by atoms with E-state index in [1.807, 2.05) is 29.2 Å². The summed E-state index contributed by atoms with van der Waals surface area (Å²) in [5, 5.41) is 0. The second kappa shape index (κ2) is 7.04. The number of oxazole rings is 1. The largest absolute Gasteiger partial charge is 0.438 e. The maximum atomic E-state index is 13.5. The highest BCUT2D eigenvalue weighted by molar-refractivity contribution is 5.81. The molecule has 2 aromatic carbocycles. The molecule has 1 aliphatic heterocycles. The van der Waals surface area contributed by atoms with Crippen LogP contribution >= 0.6 is 0 Å². The normalized spacial score (nSPS) is 17.4. The number of benzene rings is 2. The van der Waals surface area contributed by atoms with Crippen LogP contribution in [0.4, 0.5) is 4.39 Å². The summed E-state index contributed by atoms with van der Waals surface area (Å²) in [7, 11) is 0. The van der Waals surface area contributed by atoms with E-state index in [9.17, 15) is 9.18 Å². The highest BCUT2D eigenvalue weighted by atomic mass is 19.1. The van der Waals surface area contributed by atoms with Crippen molar-refractivity contribution < 1.29 is 13.6 Å². The standard InChI is InChI=1S/C23H25FN2O2/c1-23(2,3)14-21(27)26-11-5-8-19(26)22-25-18-13-16(9-10-20(18)28-22)15-6-4-7-17(24)12-15/h4,6-7,9-10,12-13,19H,5,8,11,14H2,1-3H3. The Morgan fingerprint density at radius 1 is 1.21 bits per heavy atom. The molecule has 5 heteroatoms. The van der Waals surface area contributed by atoms with Gasteiger partial charge in [0.25, 0.3) is 0 Å². The van der Waals surface area contributed by atoms with E-state index in [0.29, 0.717) is 17.9 Å². The van der Waals surface area contributed by atoms with Gasteiger partial charge in [-0.25, -0.2) is 9.37 Å². The Morgan fingerprint density at radius 2 is 2.00 bits per heavy atom. The summed E-state index contributed by atoms with van der Waals surface area (Å²) in [4.78, 5) is 19.3. The lowest BCUT2D eigenvalue weighted by Crippen LogP contribution is -2.33. The molecule has 1 saturated heterocycles. The molecule has 146 valence electrons. The predicted octanol–water partition coefficient (Wildman–Crippen LogP) is 5.73. The number of carbonyl (C=O) groups is 1. The molecule has 0 saturated carbocycles. The van der Waals surface area contributed by atoms with Crippen LogP contribution in [0.3, 0.4) is 0 Å².